The molecular formula is C17H27N. The molecule has 18 heavy (non-hydrogen) atoms. The van der Waals surface area contributed by atoms with Gasteiger partial charge in [0, 0.05) is 6.54 Å². The maximum absolute atomic E-state index is 3.61. The van der Waals surface area contributed by atoms with Gasteiger partial charge < -0.3 is 5.32 Å². The van der Waals surface area contributed by atoms with Gasteiger partial charge in [-0.05, 0) is 75.1 Å². The first-order valence-corrected chi connectivity index (χ1v) is 7.34. The maximum atomic E-state index is 3.61. The van der Waals surface area contributed by atoms with Crippen LogP contribution in [-0.4, -0.2) is 13.1 Å². The van der Waals surface area contributed by atoms with Gasteiger partial charge in [0.25, 0.3) is 0 Å². The summed E-state index contributed by atoms with van der Waals surface area (Å²) < 4.78 is 0. The Hall–Kier alpha value is -0.820. The average Bonchev–Trinajstić information content (AvgIpc) is 3.05. The summed E-state index contributed by atoms with van der Waals surface area (Å²) in [5, 5.41) is 3.61. The first-order valence-electron chi connectivity index (χ1n) is 7.34. The molecule has 1 nitrogen and oxygen atoms in total. The van der Waals surface area contributed by atoms with Gasteiger partial charge in [-0.2, -0.15) is 0 Å². The van der Waals surface area contributed by atoms with Crippen LogP contribution in [0.3, 0.4) is 0 Å². The fraction of sp³-hybridized carbons (Fsp3) is 0.647. The molecule has 100 valence electrons. The minimum atomic E-state index is 0.569. The summed E-state index contributed by atoms with van der Waals surface area (Å²) in [6, 6.07) is 4.66. The third-order valence-electron chi connectivity index (χ3n) is 4.28. The van der Waals surface area contributed by atoms with Gasteiger partial charge >= 0.3 is 0 Å². The molecule has 1 N–H and O–H groups in total. The second-order valence-corrected chi connectivity index (χ2v) is 6.23. The molecular weight excluding hydrogens is 218 g/mol. The van der Waals surface area contributed by atoms with E-state index in [1.54, 1.807) is 5.56 Å². The molecule has 0 unspecified atom stereocenters. The highest BCUT2D eigenvalue weighted by atomic mass is 14.9. The van der Waals surface area contributed by atoms with Gasteiger partial charge in [-0.1, -0.05) is 24.6 Å². The molecule has 1 fully saturated rings. The van der Waals surface area contributed by atoms with Crippen molar-refractivity contribution in [3.05, 3.63) is 34.4 Å². The Morgan fingerprint density at radius 2 is 1.72 bits per heavy atom. The van der Waals surface area contributed by atoms with Crippen molar-refractivity contribution in [2.24, 2.45) is 5.41 Å². The third kappa shape index (κ3) is 3.14. The number of aryl methyl sites for hydroxylation is 3. The molecule has 0 radical (unpaired) electrons. The van der Waals surface area contributed by atoms with Gasteiger partial charge in [0.1, 0.15) is 0 Å². The molecule has 0 amide bonds. The third-order valence-corrected chi connectivity index (χ3v) is 4.28. The van der Waals surface area contributed by atoms with Crippen LogP contribution in [0.4, 0.5) is 0 Å². The van der Waals surface area contributed by atoms with Crippen LogP contribution in [0.5, 0.6) is 0 Å². The molecule has 2 rings (SSSR count). The first kappa shape index (κ1) is 13.6. The standard InChI is InChI=1S/C17H27N/c1-5-8-18-12-17(6-7-17)11-16-14(3)9-13(2)10-15(16)4/h9-10,18H,5-8,11-12H2,1-4H3. The number of hydrogen-bond acceptors (Lipinski definition) is 1. The summed E-state index contributed by atoms with van der Waals surface area (Å²) >= 11 is 0. The molecule has 0 saturated heterocycles. The van der Waals surface area contributed by atoms with E-state index < -0.39 is 0 Å². The lowest BCUT2D eigenvalue weighted by Crippen LogP contribution is -2.26. The average molecular weight is 245 g/mol. The van der Waals surface area contributed by atoms with Gasteiger partial charge in [0.2, 0.25) is 0 Å². The Morgan fingerprint density at radius 1 is 1.11 bits per heavy atom. The first-order chi connectivity index (χ1) is 8.56. The van der Waals surface area contributed by atoms with Crippen LogP contribution >= 0.6 is 0 Å². The topological polar surface area (TPSA) is 12.0 Å². The summed E-state index contributed by atoms with van der Waals surface area (Å²) in [4.78, 5) is 0. The van der Waals surface area contributed by atoms with E-state index >= 15 is 0 Å². The number of rotatable bonds is 6. The van der Waals surface area contributed by atoms with Crippen molar-refractivity contribution >= 4 is 0 Å². The van der Waals surface area contributed by atoms with Crippen molar-refractivity contribution in [2.45, 2.75) is 53.4 Å². The van der Waals surface area contributed by atoms with E-state index in [-0.39, 0.29) is 0 Å². The fourth-order valence-corrected chi connectivity index (χ4v) is 2.99. The number of hydrogen-bond donors (Lipinski definition) is 1. The van der Waals surface area contributed by atoms with Crippen LogP contribution < -0.4 is 5.32 Å². The highest BCUT2D eigenvalue weighted by Gasteiger charge is 2.42. The van der Waals surface area contributed by atoms with Crippen LogP contribution in [0, 0.1) is 26.2 Å². The predicted molar refractivity (Wildman–Crippen MR) is 79.2 cm³/mol. The van der Waals surface area contributed by atoms with Gasteiger partial charge in [0.15, 0.2) is 0 Å². The van der Waals surface area contributed by atoms with Crippen molar-refractivity contribution in [1.29, 1.82) is 0 Å². The monoisotopic (exact) mass is 245 g/mol. The largest absolute Gasteiger partial charge is 0.316 e. The molecule has 0 heterocycles. The molecule has 0 aromatic heterocycles. The summed E-state index contributed by atoms with van der Waals surface area (Å²) in [5.41, 5.74) is 6.52. The van der Waals surface area contributed by atoms with Gasteiger partial charge in [-0.15, -0.1) is 0 Å². The van der Waals surface area contributed by atoms with E-state index in [0.717, 1.165) is 6.54 Å². The quantitative estimate of drug-likeness (QED) is 0.749. The summed E-state index contributed by atoms with van der Waals surface area (Å²) in [6.45, 7) is 11.3. The van der Waals surface area contributed by atoms with Gasteiger partial charge in [0.05, 0.1) is 0 Å². The Kier molecular flexibility index (Phi) is 4.11. The van der Waals surface area contributed by atoms with E-state index in [9.17, 15) is 0 Å². The van der Waals surface area contributed by atoms with Crippen molar-refractivity contribution < 1.29 is 0 Å². The van der Waals surface area contributed by atoms with Crippen molar-refractivity contribution in [3.8, 4) is 0 Å². The van der Waals surface area contributed by atoms with Crippen molar-refractivity contribution in [3.63, 3.8) is 0 Å². The molecule has 0 atom stereocenters. The minimum Gasteiger partial charge on any atom is -0.316 e. The van der Waals surface area contributed by atoms with E-state index in [0.29, 0.717) is 5.41 Å². The molecule has 1 saturated carbocycles. The molecule has 1 aromatic rings. The normalized spacial score (nSPS) is 16.9. The molecule has 0 spiro atoms. The number of benzene rings is 1. The zero-order chi connectivity index (χ0) is 13.2. The molecule has 1 heteroatoms. The van der Waals surface area contributed by atoms with E-state index in [4.69, 9.17) is 0 Å². The smallest absolute Gasteiger partial charge is 0.00110 e. The van der Waals surface area contributed by atoms with E-state index in [2.05, 4.69) is 45.1 Å². The summed E-state index contributed by atoms with van der Waals surface area (Å²) in [5.74, 6) is 0. The number of nitrogens with one attached hydrogen (secondary N) is 1. The van der Waals surface area contributed by atoms with Crippen molar-refractivity contribution in [2.75, 3.05) is 13.1 Å². The predicted octanol–water partition coefficient (Wildman–Crippen LogP) is 3.93. The van der Waals surface area contributed by atoms with E-state index in [1.165, 1.54) is 48.9 Å². The SMILES string of the molecule is CCCNCC1(Cc2c(C)cc(C)cc2C)CC1. The molecule has 1 aliphatic carbocycles. The molecule has 1 aromatic carbocycles. The minimum absolute atomic E-state index is 0.569. The Balaban J connectivity index is 2.05. The Labute approximate surface area is 112 Å². The van der Waals surface area contributed by atoms with Crippen LogP contribution in [-0.2, 0) is 6.42 Å². The molecule has 1 aliphatic rings. The summed E-state index contributed by atoms with van der Waals surface area (Å²) in [7, 11) is 0. The van der Waals surface area contributed by atoms with Crippen LogP contribution in [0.1, 0.15) is 48.4 Å². The zero-order valence-electron chi connectivity index (χ0n) is 12.4. The van der Waals surface area contributed by atoms with Crippen LogP contribution in [0.15, 0.2) is 12.1 Å². The fourth-order valence-electron chi connectivity index (χ4n) is 2.99. The summed E-state index contributed by atoms with van der Waals surface area (Å²) in [6.07, 6.45) is 5.30. The lowest BCUT2D eigenvalue weighted by atomic mass is 9.89. The van der Waals surface area contributed by atoms with Crippen LogP contribution in [0.25, 0.3) is 0 Å². The second kappa shape index (κ2) is 5.44. The highest BCUT2D eigenvalue weighted by molar-refractivity contribution is 5.38. The zero-order valence-corrected chi connectivity index (χ0v) is 12.4. The van der Waals surface area contributed by atoms with Gasteiger partial charge in [-0.3, -0.25) is 0 Å². The highest BCUT2D eigenvalue weighted by Crippen LogP contribution is 2.48. The molecule has 0 aliphatic heterocycles. The lowest BCUT2D eigenvalue weighted by Gasteiger charge is -2.19. The maximum Gasteiger partial charge on any atom is 0.00110 e. The van der Waals surface area contributed by atoms with Crippen LogP contribution in [0.2, 0.25) is 0 Å². The Morgan fingerprint density at radius 3 is 2.22 bits per heavy atom. The second-order valence-electron chi connectivity index (χ2n) is 6.23. The van der Waals surface area contributed by atoms with Crippen molar-refractivity contribution in [1.82, 2.24) is 5.32 Å². The van der Waals surface area contributed by atoms with Gasteiger partial charge in [-0.25, -0.2) is 0 Å². The molecule has 0 bridgehead atoms. The van der Waals surface area contributed by atoms with E-state index in [1.807, 2.05) is 0 Å². The lowest BCUT2D eigenvalue weighted by molar-refractivity contribution is 0.454. The Bertz CT molecular complexity index is 393.